The van der Waals surface area contributed by atoms with E-state index in [1.165, 1.54) is 6.26 Å². The molecule has 0 saturated carbocycles. The van der Waals surface area contributed by atoms with E-state index in [-0.39, 0.29) is 55.1 Å². The molecule has 0 radical (unpaired) electrons. The lowest BCUT2D eigenvalue weighted by Gasteiger charge is -2.44. The molecule has 1 fully saturated rings. The molecule has 0 bridgehead atoms. The summed E-state index contributed by atoms with van der Waals surface area (Å²) in [5, 5.41) is 9.65. The van der Waals surface area contributed by atoms with Crippen LogP contribution in [0.4, 0.5) is 5.69 Å². The van der Waals surface area contributed by atoms with E-state index in [1.54, 1.807) is 47.8 Å². The first-order valence-electron chi connectivity index (χ1n) is 11.2. The van der Waals surface area contributed by atoms with Crippen LogP contribution in [-0.2, 0) is 21.1 Å². The zero-order valence-electron chi connectivity index (χ0n) is 20.1. The van der Waals surface area contributed by atoms with Crippen molar-refractivity contribution >= 4 is 57.8 Å². The van der Waals surface area contributed by atoms with Gasteiger partial charge in [0.2, 0.25) is 5.91 Å². The number of imidazole rings is 1. The molecule has 0 spiro atoms. The lowest BCUT2D eigenvalue weighted by atomic mass is 9.97. The number of aromatic nitrogens is 2. The molecule has 37 heavy (non-hydrogen) atoms. The summed E-state index contributed by atoms with van der Waals surface area (Å²) < 4.78 is 24.1. The monoisotopic (exact) mass is 583 g/mol. The first-order chi connectivity index (χ1) is 16.7. The molecule has 1 aliphatic heterocycles. The van der Waals surface area contributed by atoms with Crippen LogP contribution in [-0.4, -0.2) is 60.3 Å². The third kappa shape index (κ3) is 7.94. The Hall–Kier alpha value is -2.61. The number of benzene rings is 2. The quantitative estimate of drug-likeness (QED) is 0.425. The molecule has 12 heteroatoms. The predicted molar refractivity (Wildman–Crippen MR) is 149 cm³/mol. The summed E-state index contributed by atoms with van der Waals surface area (Å²) in [6, 6.07) is 16.1. The molecular weight excluding hydrogens is 557 g/mol. The second kappa shape index (κ2) is 13.3. The number of hydrogen-bond acceptors (Lipinski definition) is 6. The third-order valence-electron chi connectivity index (χ3n) is 6.21. The SMILES string of the molecule is CS(=O)(=O)CCC1CN(c2cccc(Cl)c2)C(=O)CN1[C@@H](Cc1ccc(C#N)cc1)c1cnc[nH]1.Cl.Cl. The van der Waals surface area contributed by atoms with E-state index in [2.05, 4.69) is 20.9 Å². The average molecular weight is 585 g/mol. The molecule has 1 unspecified atom stereocenters. The number of carbonyl (C=O) groups is 1. The van der Waals surface area contributed by atoms with Gasteiger partial charge in [0, 0.05) is 35.7 Å². The van der Waals surface area contributed by atoms with Gasteiger partial charge >= 0.3 is 0 Å². The summed E-state index contributed by atoms with van der Waals surface area (Å²) in [6.07, 6.45) is 5.49. The largest absolute Gasteiger partial charge is 0.347 e. The van der Waals surface area contributed by atoms with E-state index in [9.17, 15) is 13.2 Å². The number of halogens is 3. The fourth-order valence-corrected chi connectivity index (χ4v) is 5.33. The van der Waals surface area contributed by atoms with Crippen LogP contribution >= 0.6 is 36.4 Å². The second-order valence-electron chi connectivity index (χ2n) is 8.76. The number of anilines is 1. The molecule has 0 aliphatic carbocycles. The van der Waals surface area contributed by atoms with Crippen LogP contribution < -0.4 is 4.90 Å². The molecule has 4 rings (SSSR count). The van der Waals surface area contributed by atoms with Crippen LogP contribution in [0.15, 0.2) is 61.1 Å². The summed E-state index contributed by atoms with van der Waals surface area (Å²) in [5.74, 6) is -0.0783. The number of sulfone groups is 1. The van der Waals surface area contributed by atoms with Crippen molar-refractivity contribution in [2.45, 2.75) is 24.9 Å². The third-order valence-corrected chi connectivity index (χ3v) is 7.43. The maximum absolute atomic E-state index is 13.3. The average Bonchev–Trinajstić information content (AvgIpc) is 3.36. The molecule has 2 heterocycles. The summed E-state index contributed by atoms with van der Waals surface area (Å²) in [4.78, 5) is 24.4. The van der Waals surface area contributed by atoms with Crippen LogP contribution in [0.1, 0.15) is 29.3 Å². The Morgan fingerprint density at radius 1 is 1.22 bits per heavy atom. The van der Waals surface area contributed by atoms with Crippen LogP contribution in [0.5, 0.6) is 0 Å². The number of nitrogens with zero attached hydrogens (tertiary/aromatic N) is 4. The lowest BCUT2D eigenvalue weighted by Crippen LogP contribution is -2.58. The second-order valence-corrected chi connectivity index (χ2v) is 11.5. The maximum Gasteiger partial charge on any atom is 0.241 e. The Morgan fingerprint density at radius 3 is 2.54 bits per heavy atom. The van der Waals surface area contributed by atoms with Crippen molar-refractivity contribution in [2.75, 3.05) is 30.0 Å². The fourth-order valence-electron chi connectivity index (χ4n) is 4.45. The highest BCUT2D eigenvalue weighted by atomic mass is 35.5. The van der Waals surface area contributed by atoms with Crippen LogP contribution in [0.3, 0.4) is 0 Å². The van der Waals surface area contributed by atoms with Gasteiger partial charge in [0.25, 0.3) is 0 Å². The first kappa shape index (κ1) is 30.6. The Labute approximate surface area is 234 Å². The molecule has 198 valence electrons. The molecule has 1 aliphatic rings. The van der Waals surface area contributed by atoms with Crippen LogP contribution in [0.2, 0.25) is 5.02 Å². The van der Waals surface area contributed by atoms with Gasteiger partial charge in [-0.25, -0.2) is 13.4 Å². The Morgan fingerprint density at radius 2 is 1.95 bits per heavy atom. The number of rotatable bonds is 8. The van der Waals surface area contributed by atoms with Gasteiger partial charge in [0.05, 0.1) is 42.0 Å². The molecule has 3 aromatic rings. The Balaban J connectivity index is 0.00000241. The number of carbonyl (C=O) groups excluding carboxylic acids is 1. The number of hydrogen-bond donors (Lipinski definition) is 1. The fraction of sp³-hybridized carbons (Fsp3) is 0.320. The van der Waals surface area contributed by atoms with Gasteiger partial charge in [-0.3, -0.25) is 9.69 Å². The highest BCUT2D eigenvalue weighted by Crippen LogP contribution is 2.32. The summed E-state index contributed by atoms with van der Waals surface area (Å²) in [5.41, 5.74) is 3.10. The van der Waals surface area contributed by atoms with Crippen molar-refractivity contribution in [1.29, 1.82) is 5.26 Å². The van der Waals surface area contributed by atoms with Gasteiger partial charge < -0.3 is 9.88 Å². The number of nitrogens with one attached hydrogen (secondary N) is 1. The summed E-state index contributed by atoms with van der Waals surface area (Å²) in [7, 11) is -3.20. The van der Waals surface area contributed by atoms with Gasteiger partial charge in [0.1, 0.15) is 9.84 Å². The minimum Gasteiger partial charge on any atom is -0.347 e. The van der Waals surface area contributed by atoms with Gasteiger partial charge in [-0.15, -0.1) is 24.8 Å². The lowest BCUT2D eigenvalue weighted by molar-refractivity contribution is -0.123. The van der Waals surface area contributed by atoms with Crippen molar-refractivity contribution in [3.05, 3.63) is 82.9 Å². The Kier molecular flexibility index (Phi) is 11.0. The molecule has 2 aromatic carbocycles. The topological polar surface area (TPSA) is 110 Å². The van der Waals surface area contributed by atoms with Gasteiger partial charge in [-0.1, -0.05) is 29.8 Å². The first-order valence-corrected chi connectivity index (χ1v) is 13.6. The van der Waals surface area contributed by atoms with Crippen molar-refractivity contribution in [1.82, 2.24) is 14.9 Å². The molecule has 1 amide bonds. The van der Waals surface area contributed by atoms with E-state index in [0.717, 1.165) is 11.3 Å². The van der Waals surface area contributed by atoms with E-state index in [1.807, 2.05) is 18.2 Å². The molecule has 2 atom stereocenters. The molecule has 8 nitrogen and oxygen atoms in total. The highest BCUT2D eigenvalue weighted by Gasteiger charge is 2.38. The molecule has 1 N–H and O–H groups in total. The van der Waals surface area contributed by atoms with E-state index >= 15 is 0 Å². The standard InChI is InChI=1S/C25H26ClN5O3S.2ClH/c1-35(33,34)10-9-22-15-31(21-4-2-3-20(26)12-21)25(32)16-30(22)24(23-14-28-17-29-23)11-18-5-7-19(13-27)8-6-18;;/h2-8,12,14,17,22,24H,9-11,15-16H2,1H3,(H,28,29);2*1H/t22?,24-;;/m0../s1. The Bertz CT molecular complexity index is 1330. The van der Waals surface area contributed by atoms with Crippen LogP contribution in [0, 0.1) is 11.3 Å². The van der Waals surface area contributed by atoms with Crippen molar-refractivity contribution in [3.63, 3.8) is 0 Å². The van der Waals surface area contributed by atoms with Crippen molar-refractivity contribution in [3.8, 4) is 6.07 Å². The van der Waals surface area contributed by atoms with Gasteiger partial charge in [-0.05, 0) is 48.7 Å². The molecule has 1 saturated heterocycles. The highest BCUT2D eigenvalue weighted by molar-refractivity contribution is 7.90. The minimum atomic E-state index is -3.20. The number of H-pyrrole nitrogens is 1. The smallest absolute Gasteiger partial charge is 0.241 e. The summed E-state index contributed by atoms with van der Waals surface area (Å²) in [6.45, 7) is 0.452. The van der Waals surface area contributed by atoms with Gasteiger partial charge in [0.15, 0.2) is 0 Å². The number of nitriles is 1. The minimum absolute atomic E-state index is 0. The van der Waals surface area contributed by atoms with Crippen molar-refractivity contribution < 1.29 is 13.2 Å². The maximum atomic E-state index is 13.3. The number of amides is 1. The van der Waals surface area contributed by atoms with Gasteiger partial charge in [-0.2, -0.15) is 5.26 Å². The number of aromatic amines is 1. The van der Waals surface area contributed by atoms with Crippen molar-refractivity contribution in [2.24, 2.45) is 0 Å². The van der Waals surface area contributed by atoms with E-state index in [0.29, 0.717) is 35.7 Å². The predicted octanol–water partition coefficient (Wildman–Crippen LogP) is 4.21. The zero-order chi connectivity index (χ0) is 25.0. The summed E-state index contributed by atoms with van der Waals surface area (Å²) >= 11 is 6.17. The normalized spacial score (nSPS) is 16.8. The van der Waals surface area contributed by atoms with E-state index in [4.69, 9.17) is 16.9 Å². The van der Waals surface area contributed by atoms with Crippen LogP contribution in [0.25, 0.3) is 0 Å². The molecular formula is C25H28Cl3N5O3S. The number of piperazine rings is 1. The zero-order valence-corrected chi connectivity index (χ0v) is 23.3. The van der Waals surface area contributed by atoms with E-state index < -0.39 is 9.84 Å². The molecule has 1 aromatic heterocycles.